The summed E-state index contributed by atoms with van der Waals surface area (Å²) in [6.07, 6.45) is -0.386. The molecule has 1 saturated heterocycles. The van der Waals surface area contributed by atoms with Crippen molar-refractivity contribution in [2.75, 3.05) is 33.2 Å². The highest BCUT2D eigenvalue weighted by Crippen LogP contribution is 2.42. The fraction of sp³-hybridized carbons (Fsp3) is 0.467. The number of benzene rings is 1. The molecule has 3 aliphatic rings. The summed E-state index contributed by atoms with van der Waals surface area (Å²) in [4.78, 5) is 13.1. The number of rotatable bonds is 0. The highest BCUT2D eigenvalue weighted by molar-refractivity contribution is 6.01. The minimum absolute atomic E-state index is 0.190. The Morgan fingerprint density at radius 1 is 1.27 bits per heavy atom. The van der Waals surface area contributed by atoms with Crippen LogP contribution in [0.15, 0.2) is 28.2 Å². The maximum Gasteiger partial charge on any atom is 0.217 e. The SMILES string of the molecule is CN1CCN(C2=NC(N)=NC3c4c(F)cccc4OC23)CC1. The Labute approximate surface area is 128 Å². The first-order chi connectivity index (χ1) is 10.6. The van der Waals surface area contributed by atoms with Crippen LogP contribution in [-0.4, -0.2) is 60.9 Å². The number of halogens is 1. The van der Waals surface area contributed by atoms with Crippen molar-refractivity contribution in [2.45, 2.75) is 12.1 Å². The number of nitrogens with two attached hydrogens (primary N) is 1. The summed E-state index contributed by atoms with van der Waals surface area (Å²) < 4.78 is 20.1. The van der Waals surface area contributed by atoms with Crippen LogP contribution in [0.5, 0.6) is 5.75 Å². The molecule has 0 aliphatic carbocycles. The van der Waals surface area contributed by atoms with E-state index in [1.165, 1.54) is 6.07 Å². The molecule has 0 bridgehead atoms. The van der Waals surface area contributed by atoms with Gasteiger partial charge in [-0.25, -0.2) is 9.38 Å². The van der Waals surface area contributed by atoms with Gasteiger partial charge < -0.3 is 20.3 Å². The van der Waals surface area contributed by atoms with Crippen molar-refractivity contribution in [1.29, 1.82) is 0 Å². The van der Waals surface area contributed by atoms with E-state index in [1.54, 1.807) is 12.1 Å². The normalized spacial score (nSPS) is 27.6. The van der Waals surface area contributed by atoms with Gasteiger partial charge in [0.05, 0.1) is 5.56 Å². The molecule has 3 heterocycles. The average molecular weight is 303 g/mol. The molecule has 22 heavy (non-hydrogen) atoms. The molecule has 6 nitrogen and oxygen atoms in total. The van der Waals surface area contributed by atoms with Crippen LogP contribution < -0.4 is 10.5 Å². The van der Waals surface area contributed by atoms with Crippen molar-refractivity contribution in [3.05, 3.63) is 29.6 Å². The lowest BCUT2D eigenvalue weighted by atomic mass is 10.0. The Bertz CT molecular complexity index is 666. The van der Waals surface area contributed by atoms with E-state index in [0.717, 1.165) is 32.0 Å². The quantitative estimate of drug-likeness (QED) is 0.762. The third-order valence-electron chi connectivity index (χ3n) is 4.43. The number of likely N-dealkylation sites (N-methyl/N-ethyl adjacent to an activating group) is 1. The molecule has 0 aromatic heterocycles. The molecule has 1 fully saturated rings. The number of ether oxygens (including phenoxy) is 1. The van der Waals surface area contributed by atoms with Gasteiger partial charge in [-0.2, -0.15) is 4.99 Å². The molecule has 2 atom stereocenters. The average Bonchev–Trinajstić information content (AvgIpc) is 2.87. The molecular weight excluding hydrogens is 285 g/mol. The maximum atomic E-state index is 14.2. The standard InChI is InChI=1S/C15H18FN5O/c1-20-5-7-21(8-6-20)14-13-12(18-15(17)19-14)11-9(16)3-2-4-10(11)22-13/h2-4,12-13H,5-8H2,1H3,(H2,17,18). The lowest BCUT2D eigenvalue weighted by molar-refractivity contribution is 0.189. The number of fused-ring (bicyclic) bond motifs is 3. The van der Waals surface area contributed by atoms with Gasteiger partial charge in [-0.15, -0.1) is 0 Å². The first-order valence-electron chi connectivity index (χ1n) is 7.44. The van der Waals surface area contributed by atoms with E-state index in [-0.39, 0.29) is 17.9 Å². The molecule has 0 amide bonds. The van der Waals surface area contributed by atoms with Crippen LogP contribution in [0.2, 0.25) is 0 Å². The highest BCUT2D eigenvalue weighted by atomic mass is 19.1. The van der Waals surface area contributed by atoms with E-state index in [0.29, 0.717) is 11.3 Å². The number of guanidine groups is 1. The molecule has 0 spiro atoms. The van der Waals surface area contributed by atoms with E-state index in [4.69, 9.17) is 10.5 Å². The van der Waals surface area contributed by atoms with Gasteiger partial charge in [-0.05, 0) is 19.2 Å². The summed E-state index contributed by atoms with van der Waals surface area (Å²) in [5.41, 5.74) is 6.35. The van der Waals surface area contributed by atoms with Crippen molar-refractivity contribution in [1.82, 2.24) is 9.80 Å². The predicted molar refractivity (Wildman–Crippen MR) is 81.7 cm³/mol. The second kappa shape index (κ2) is 4.95. The van der Waals surface area contributed by atoms with Crippen LogP contribution >= 0.6 is 0 Å². The second-order valence-corrected chi connectivity index (χ2v) is 5.88. The lowest BCUT2D eigenvalue weighted by Crippen LogP contribution is -2.53. The van der Waals surface area contributed by atoms with E-state index in [9.17, 15) is 4.39 Å². The summed E-state index contributed by atoms with van der Waals surface area (Å²) >= 11 is 0. The largest absolute Gasteiger partial charge is 0.479 e. The van der Waals surface area contributed by atoms with Gasteiger partial charge in [0.25, 0.3) is 0 Å². The molecule has 2 unspecified atom stereocenters. The van der Waals surface area contributed by atoms with E-state index >= 15 is 0 Å². The summed E-state index contributed by atoms with van der Waals surface area (Å²) in [7, 11) is 2.09. The maximum absolute atomic E-state index is 14.2. The molecular formula is C15H18FN5O. The minimum atomic E-state index is -0.441. The van der Waals surface area contributed by atoms with Crippen LogP contribution in [0.3, 0.4) is 0 Å². The van der Waals surface area contributed by atoms with Crippen molar-refractivity contribution in [3.8, 4) is 5.75 Å². The monoisotopic (exact) mass is 303 g/mol. The summed E-state index contributed by atoms with van der Waals surface area (Å²) in [6, 6.07) is 4.40. The van der Waals surface area contributed by atoms with Gasteiger partial charge in [0.2, 0.25) is 5.96 Å². The zero-order chi connectivity index (χ0) is 15.3. The number of hydrogen-bond donors (Lipinski definition) is 1. The van der Waals surface area contributed by atoms with Crippen LogP contribution in [0.1, 0.15) is 11.6 Å². The summed E-state index contributed by atoms with van der Waals surface area (Å²) in [5, 5.41) is 0. The Kier molecular flexibility index (Phi) is 3.04. The first kappa shape index (κ1) is 13.5. The van der Waals surface area contributed by atoms with Gasteiger partial charge in [0.1, 0.15) is 17.6 Å². The smallest absolute Gasteiger partial charge is 0.217 e. The number of amidine groups is 1. The lowest BCUT2D eigenvalue weighted by Gasteiger charge is -2.37. The van der Waals surface area contributed by atoms with E-state index in [2.05, 4.69) is 26.8 Å². The topological polar surface area (TPSA) is 66.5 Å². The molecule has 2 N–H and O–H groups in total. The first-order valence-corrected chi connectivity index (χ1v) is 7.44. The summed E-state index contributed by atoms with van der Waals surface area (Å²) in [6.45, 7) is 3.62. The minimum Gasteiger partial charge on any atom is -0.479 e. The number of hydrogen-bond acceptors (Lipinski definition) is 6. The van der Waals surface area contributed by atoms with Crippen molar-refractivity contribution >= 4 is 11.8 Å². The van der Waals surface area contributed by atoms with Crippen LogP contribution in [-0.2, 0) is 0 Å². The van der Waals surface area contributed by atoms with Crippen LogP contribution in [0.4, 0.5) is 4.39 Å². The van der Waals surface area contributed by atoms with E-state index in [1.807, 2.05) is 0 Å². The molecule has 4 rings (SSSR count). The zero-order valence-corrected chi connectivity index (χ0v) is 12.4. The van der Waals surface area contributed by atoms with Gasteiger partial charge in [0.15, 0.2) is 11.9 Å². The molecule has 7 heteroatoms. The fourth-order valence-corrected chi connectivity index (χ4v) is 3.22. The Balaban J connectivity index is 1.69. The van der Waals surface area contributed by atoms with Gasteiger partial charge in [0, 0.05) is 26.2 Å². The number of nitrogens with zero attached hydrogens (tertiary/aromatic N) is 4. The predicted octanol–water partition coefficient (Wildman–Crippen LogP) is 0.602. The third kappa shape index (κ3) is 2.04. The third-order valence-corrected chi connectivity index (χ3v) is 4.43. The number of piperazine rings is 1. The van der Waals surface area contributed by atoms with Crippen molar-refractivity contribution < 1.29 is 9.13 Å². The Hall–Kier alpha value is -2.15. The molecule has 1 aromatic rings. The van der Waals surface area contributed by atoms with Crippen LogP contribution in [0.25, 0.3) is 0 Å². The molecule has 116 valence electrons. The molecule has 3 aliphatic heterocycles. The van der Waals surface area contributed by atoms with Gasteiger partial charge in [-0.1, -0.05) is 6.07 Å². The van der Waals surface area contributed by atoms with Crippen molar-refractivity contribution in [2.24, 2.45) is 15.7 Å². The summed E-state index contributed by atoms with van der Waals surface area (Å²) in [5.74, 6) is 1.19. The van der Waals surface area contributed by atoms with Crippen LogP contribution in [0, 0.1) is 5.82 Å². The highest BCUT2D eigenvalue weighted by Gasteiger charge is 2.44. The fourth-order valence-electron chi connectivity index (χ4n) is 3.22. The molecule has 1 aromatic carbocycles. The number of aliphatic imine (C=N–C) groups is 2. The molecule has 0 saturated carbocycles. The zero-order valence-electron chi connectivity index (χ0n) is 12.4. The Morgan fingerprint density at radius 2 is 2.05 bits per heavy atom. The molecule has 0 radical (unpaired) electrons. The Morgan fingerprint density at radius 3 is 2.82 bits per heavy atom. The van der Waals surface area contributed by atoms with E-state index < -0.39 is 6.04 Å². The van der Waals surface area contributed by atoms with Gasteiger partial charge >= 0.3 is 0 Å². The van der Waals surface area contributed by atoms with Crippen molar-refractivity contribution in [3.63, 3.8) is 0 Å². The second-order valence-electron chi connectivity index (χ2n) is 5.88. The van der Waals surface area contributed by atoms with Gasteiger partial charge in [-0.3, -0.25) is 0 Å².